The van der Waals surface area contributed by atoms with Crippen LogP contribution < -0.4 is 10.9 Å². The summed E-state index contributed by atoms with van der Waals surface area (Å²) in [5, 5.41) is 7.34. The second-order valence-electron chi connectivity index (χ2n) is 4.86. The second kappa shape index (κ2) is 7.32. The summed E-state index contributed by atoms with van der Waals surface area (Å²) in [4.78, 5) is 14.5. The lowest BCUT2D eigenvalue weighted by molar-refractivity contribution is 0.337. The Hall–Kier alpha value is -1.51. The fourth-order valence-corrected chi connectivity index (χ4v) is 2.54. The smallest absolute Gasteiger partial charge is 0.292 e. The van der Waals surface area contributed by atoms with Gasteiger partial charge in [0.15, 0.2) is 0 Å². The number of halogens is 1. The van der Waals surface area contributed by atoms with E-state index in [1.807, 2.05) is 0 Å². The number of terminal acetylenes is 1. The Labute approximate surface area is 123 Å². The van der Waals surface area contributed by atoms with E-state index in [2.05, 4.69) is 21.2 Å². The third-order valence-corrected chi connectivity index (χ3v) is 3.68. The van der Waals surface area contributed by atoms with Crippen LogP contribution in [0.2, 0.25) is 5.02 Å². The molecule has 1 fully saturated rings. The highest BCUT2D eigenvalue weighted by Crippen LogP contribution is 2.15. The zero-order chi connectivity index (χ0) is 14.4. The highest BCUT2D eigenvalue weighted by atomic mass is 35.5. The molecule has 1 aromatic rings. The molecule has 0 amide bonds. The molecule has 0 aromatic carbocycles. The lowest BCUT2D eigenvalue weighted by atomic mass is 10.3. The predicted molar refractivity (Wildman–Crippen MR) is 81.1 cm³/mol. The minimum atomic E-state index is -0.267. The molecule has 0 spiro atoms. The van der Waals surface area contributed by atoms with Crippen molar-refractivity contribution >= 4 is 17.3 Å². The topological polar surface area (TPSA) is 50.2 Å². The lowest BCUT2D eigenvalue weighted by Gasteiger charge is -2.15. The first-order valence-electron chi connectivity index (χ1n) is 6.87. The van der Waals surface area contributed by atoms with Gasteiger partial charge in [-0.05, 0) is 38.9 Å². The SMILES string of the molecule is C#CCn1ncc(Cl)c(NCCCN2CCCC2)c1=O. The summed E-state index contributed by atoms with van der Waals surface area (Å²) >= 11 is 6.01. The van der Waals surface area contributed by atoms with Crippen molar-refractivity contribution in [3.8, 4) is 12.3 Å². The zero-order valence-electron chi connectivity index (χ0n) is 11.4. The van der Waals surface area contributed by atoms with E-state index in [0.717, 1.165) is 13.0 Å². The average molecular weight is 295 g/mol. The van der Waals surface area contributed by atoms with Crippen molar-refractivity contribution in [2.24, 2.45) is 0 Å². The number of rotatable bonds is 6. The maximum atomic E-state index is 12.1. The summed E-state index contributed by atoms with van der Waals surface area (Å²) in [5.41, 5.74) is 0.120. The number of nitrogens with one attached hydrogen (secondary N) is 1. The van der Waals surface area contributed by atoms with E-state index in [1.165, 1.54) is 36.8 Å². The highest BCUT2D eigenvalue weighted by Gasteiger charge is 2.11. The number of hydrogen-bond donors (Lipinski definition) is 1. The summed E-state index contributed by atoms with van der Waals surface area (Å²) in [6.07, 6.45) is 10.2. The average Bonchev–Trinajstić information content (AvgIpc) is 2.94. The van der Waals surface area contributed by atoms with Crippen molar-refractivity contribution in [3.63, 3.8) is 0 Å². The molecule has 0 unspecified atom stereocenters. The van der Waals surface area contributed by atoms with E-state index in [9.17, 15) is 4.79 Å². The van der Waals surface area contributed by atoms with Crippen LogP contribution in [-0.4, -0.2) is 40.9 Å². The normalized spacial score (nSPS) is 15.2. The fourth-order valence-electron chi connectivity index (χ4n) is 2.35. The van der Waals surface area contributed by atoms with Crippen LogP contribution in [-0.2, 0) is 6.54 Å². The second-order valence-corrected chi connectivity index (χ2v) is 5.27. The standard InChI is InChI=1S/C14H19ClN4O/c1-2-7-19-14(20)13(12(15)11-17-19)16-6-5-10-18-8-3-4-9-18/h1,11,16H,3-10H2. The summed E-state index contributed by atoms with van der Waals surface area (Å²) in [5.74, 6) is 2.40. The third kappa shape index (κ3) is 3.75. The summed E-state index contributed by atoms with van der Waals surface area (Å²) in [6.45, 7) is 4.29. The van der Waals surface area contributed by atoms with E-state index in [-0.39, 0.29) is 12.1 Å². The van der Waals surface area contributed by atoms with Gasteiger partial charge in [0.05, 0.1) is 11.2 Å². The number of likely N-dealkylation sites (tertiary alicyclic amines) is 1. The van der Waals surface area contributed by atoms with Crippen molar-refractivity contribution in [2.45, 2.75) is 25.8 Å². The summed E-state index contributed by atoms with van der Waals surface area (Å²) < 4.78 is 1.23. The van der Waals surface area contributed by atoms with E-state index < -0.39 is 0 Å². The van der Waals surface area contributed by atoms with Crippen LogP contribution in [0.5, 0.6) is 0 Å². The van der Waals surface area contributed by atoms with Crippen LogP contribution in [0.1, 0.15) is 19.3 Å². The highest BCUT2D eigenvalue weighted by molar-refractivity contribution is 6.32. The first kappa shape index (κ1) is 14.9. The van der Waals surface area contributed by atoms with Crippen molar-refractivity contribution in [1.82, 2.24) is 14.7 Å². The van der Waals surface area contributed by atoms with Crippen LogP contribution in [0, 0.1) is 12.3 Å². The molecule has 1 N–H and O–H groups in total. The molecule has 2 rings (SSSR count). The molecule has 2 heterocycles. The molecule has 20 heavy (non-hydrogen) atoms. The molecule has 0 radical (unpaired) electrons. The van der Waals surface area contributed by atoms with Gasteiger partial charge in [-0.2, -0.15) is 5.10 Å². The Morgan fingerprint density at radius 3 is 2.90 bits per heavy atom. The van der Waals surface area contributed by atoms with Crippen molar-refractivity contribution in [1.29, 1.82) is 0 Å². The monoisotopic (exact) mass is 294 g/mol. The molecule has 0 bridgehead atoms. The number of nitrogens with zero attached hydrogens (tertiary/aromatic N) is 3. The maximum Gasteiger partial charge on any atom is 0.292 e. The molecule has 0 aliphatic carbocycles. The van der Waals surface area contributed by atoms with E-state index in [4.69, 9.17) is 18.0 Å². The Bertz CT molecular complexity index is 543. The molecule has 1 aliphatic rings. The molecule has 1 saturated heterocycles. The minimum absolute atomic E-state index is 0.151. The Morgan fingerprint density at radius 1 is 1.45 bits per heavy atom. The molecule has 108 valence electrons. The molecular formula is C14H19ClN4O. The van der Waals surface area contributed by atoms with Crippen LogP contribution in [0.4, 0.5) is 5.69 Å². The van der Waals surface area contributed by atoms with E-state index in [0.29, 0.717) is 17.3 Å². The van der Waals surface area contributed by atoms with Crippen LogP contribution >= 0.6 is 11.6 Å². The molecular weight excluding hydrogens is 276 g/mol. The lowest BCUT2D eigenvalue weighted by Crippen LogP contribution is -2.27. The first-order valence-corrected chi connectivity index (χ1v) is 7.25. The number of anilines is 1. The maximum absolute atomic E-state index is 12.1. The van der Waals surface area contributed by atoms with Gasteiger partial charge in [-0.15, -0.1) is 6.42 Å². The van der Waals surface area contributed by atoms with Gasteiger partial charge in [0.1, 0.15) is 12.2 Å². The van der Waals surface area contributed by atoms with Gasteiger partial charge in [-0.1, -0.05) is 17.5 Å². The quantitative estimate of drug-likeness (QED) is 0.637. The van der Waals surface area contributed by atoms with Crippen molar-refractivity contribution < 1.29 is 0 Å². The summed E-state index contributed by atoms with van der Waals surface area (Å²) in [7, 11) is 0. The molecule has 0 saturated carbocycles. The van der Waals surface area contributed by atoms with Gasteiger partial charge >= 0.3 is 0 Å². The minimum Gasteiger partial charge on any atom is -0.379 e. The van der Waals surface area contributed by atoms with Gasteiger partial charge in [-0.25, -0.2) is 4.68 Å². The van der Waals surface area contributed by atoms with Crippen LogP contribution in [0.3, 0.4) is 0 Å². The Kier molecular flexibility index (Phi) is 5.45. The molecule has 0 atom stereocenters. The van der Waals surface area contributed by atoms with E-state index in [1.54, 1.807) is 0 Å². The van der Waals surface area contributed by atoms with Gasteiger partial charge < -0.3 is 10.2 Å². The molecule has 1 aromatic heterocycles. The van der Waals surface area contributed by atoms with Gasteiger partial charge in [0.2, 0.25) is 0 Å². The van der Waals surface area contributed by atoms with Crippen LogP contribution in [0.25, 0.3) is 0 Å². The number of hydrogen-bond acceptors (Lipinski definition) is 4. The van der Waals surface area contributed by atoms with Crippen molar-refractivity contribution in [3.05, 3.63) is 21.6 Å². The fraction of sp³-hybridized carbons (Fsp3) is 0.571. The van der Waals surface area contributed by atoms with Gasteiger partial charge in [-0.3, -0.25) is 4.79 Å². The van der Waals surface area contributed by atoms with Crippen molar-refractivity contribution in [2.75, 3.05) is 31.5 Å². The first-order chi connectivity index (χ1) is 9.72. The number of aromatic nitrogens is 2. The molecule has 1 aliphatic heterocycles. The Balaban J connectivity index is 1.90. The zero-order valence-corrected chi connectivity index (χ0v) is 12.2. The predicted octanol–water partition coefficient (Wildman–Crippen LogP) is 1.43. The molecule has 6 heteroatoms. The van der Waals surface area contributed by atoms with Gasteiger partial charge in [0.25, 0.3) is 5.56 Å². The van der Waals surface area contributed by atoms with E-state index >= 15 is 0 Å². The third-order valence-electron chi connectivity index (χ3n) is 3.39. The summed E-state index contributed by atoms with van der Waals surface area (Å²) in [6, 6.07) is 0. The van der Waals surface area contributed by atoms with Crippen LogP contribution in [0.15, 0.2) is 11.0 Å². The van der Waals surface area contributed by atoms with Gasteiger partial charge in [0, 0.05) is 6.54 Å². The Morgan fingerprint density at radius 2 is 2.20 bits per heavy atom. The molecule has 5 nitrogen and oxygen atoms in total. The largest absolute Gasteiger partial charge is 0.379 e.